The summed E-state index contributed by atoms with van der Waals surface area (Å²) in [7, 11) is 5.23. The van der Waals surface area contributed by atoms with E-state index in [1.54, 1.807) is 12.1 Å². The van der Waals surface area contributed by atoms with Gasteiger partial charge in [0.2, 0.25) is 0 Å². The first-order chi connectivity index (χ1) is 17.7. The van der Waals surface area contributed by atoms with E-state index in [1.165, 1.54) is 19.5 Å². The lowest BCUT2D eigenvalue weighted by atomic mass is 10.1. The molecule has 1 aliphatic heterocycles. The highest BCUT2D eigenvalue weighted by Gasteiger charge is 2.27. The van der Waals surface area contributed by atoms with Gasteiger partial charge in [0.05, 0.1) is 24.0 Å². The van der Waals surface area contributed by atoms with E-state index in [0.717, 1.165) is 6.07 Å². The maximum atomic E-state index is 14.5. The topological polar surface area (TPSA) is 79.8 Å². The van der Waals surface area contributed by atoms with Crippen LogP contribution < -0.4 is 14.8 Å². The second-order valence-electron chi connectivity index (χ2n) is 8.77. The van der Waals surface area contributed by atoms with Crippen LogP contribution in [-0.2, 0) is 4.79 Å². The molecule has 0 radical (unpaired) electrons. The van der Waals surface area contributed by atoms with Crippen LogP contribution in [0.4, 0.5) is 20.3 Å². The van der Waals surface area contributed by atoms with Gasteiger partial charge in [0.15, 0.2) is 17.3 Å². The second kappa shape index (κ2) is 11.2. The number of halogens is 3. The smallest absolute Gasteiger partial charge is 0.269 e. The number of ether oxygens (including phenoxy) is 2. The summed E-state index contributed by atoms with van der Waals surface area (Å²) in [6.07, 6.45) is 4.29. The molecule has 0 spiro atoms. The highest BCUT2D eigenvalue weighted by Crippen LogP contribution is 2.37. The van der Waals surface area contributed by atoms with Crippen LogP contribution in [0.3, 0.4) is 0 Å². The summed E-state index contributed by atoms with van der Waals surface area (Å²) < 4.78 is 39.9. The third-order valence-corrected chi connectivity index (χ3v) is 6.55. The van der Waals surface area contributed by atoms with Gasteiger partial charge in [-0.25, -0.2) is 18.7 Å². The van der Waals surface area contributed by atoms with E-state index in [1.807, 2.05) is 36.9 Å². The van der Waals surface area contributed by atoms with Crippen LogP contribution in [0.25, 0.3) is 10.9 Å². The van der Waals surface area contributed by atoms with E-state index in [2.05, 4.69) is 15.3 Å². The van der Waals surface area contributed by atoms with Crippen LogP contribution in [0.2, 0.25) is 5.02 Å². The van der Waals surface area contributed by atoms with E-state index in [-0.39, 0.29) is 17.7 Å². The van der Waals surface area contributed by atoms with Crippen LogP contribution >= 0.6 is 11.6 Å². The molecule has 0 atom stereocenters. The molecule has 1 aliphatic rings. The summed E-state index contributed by atoms with van der Waals surface area (Å²) in [5.41, 5.74) is 1.16. The third-order valence-electron chi connectivity index (χ3n) is 6.21. The number of carbonyl (C=O) groups excluding carboxylic acids is 1. The zero-order chi connectivity index (χ0) is 26.7. The van der Waals surface area contributed by atoms with Gasteiger partial charge in [-0.2, -0.15) is 0 Å². The van der Waals surface area contributed by atoms with Crippen molar-refractivity contribution in [3.63, 3.8) is 0 Å². The Kier molecular flexibility index (Phi) is 7.97. The minimum absolute atomic E-state index is 0.00442. The zero-order valence-electron chi connectivity index (χ0n) is 21.0. The molecule has 0 bridgehead atoms. The fourth-order valence-electron chi connectivity index (χ4n) is 4.26. The number of piperidine rings is 1. The fraction of sp³-hybridized carbons (Fsp3) is 0.346. The molecule has 4 rings (SSSR count). The third kappa shape index (κ3) is 5.53. The second-order valence-corrected chi connectivity index (χ2v) is 9.15. The van der Waals surface area contributed by atoms with Crippen LogP contribution in [0.5, 0.6) is 11.5 Å². The molecule has 196 valence electrons. The molecule has 8 nitrogen and oxygen atoms in total. The van der Waals surface area contributed by atoms with Crippen molar-refractivity contribution in [3.05, 3.63) is 59.0 Å². The monoisotopic (exact) mass is 531 g/mol. The van der Waals surface area contributed by atoms with Crippen molar-refractivity contribution in [2.45, 2.75) is 25.9 Å². The fourth-order valence-corrected chi connectivity index (χ4v) is 4.42. The quantitative estimate of drug-likeness (QED) is 0.333. The largest absolute Gasteiger partial charge is 0.493 e. The van der Waals surface area contributed by atoms with E-state index >= 15 is 0 Å². The van der Waals surface area contributed by atoms with Gasteiger partial charge in [0.25, 0.3) is 5.91 Å². The first-order valence-corrected chi connectivity index (χ1v) is 12.1. The number of amides is 1. The number of aromatic nitrogens is 2. The van der Waals surface area contributed by atoms with Gasteiger partial charge in [-0.3, -0.25) is 4.79 Å². The molecule has 11 heteroatoms. The van der Waals surface area contributed by atoms with Crippen LogP contribution in [0, 0.1) is 11.6 Å². The molecule has 37 heavy (non-hydrogen) atoms. The van der Waals surface area contributed by atoms with E-state index in [9.17, 15) is 13.6 Å². The Bertz CT molecular complexity index is 1340. The van der Waals surface area contributed by atoms with E-state index in [4.69, 9.17) is 21.1 Å². The number of benzene rings is 2. The molecule has 2 heterocycles. The molecule has 0 saturated carbocycles. The standard InChI is InChI=1S/C26H28ClF2N5O3/c1-5-20(33(2)3)26(35)34-10-8-15(9-11-34)37-22-12-16-19(13-21(22)36-4)30-14-31-25(16)32-18-7-6-17(28)23(27)24(18)29/h5-7,12-15H,8-11H2,1-4H3,(H,30,31,32). The minimum atomic E-state index is -0.921. The van der Waals surface area contributed by atoms with Gasteiger partial charge >= 0.3 is 0 Å². The molecular weight excluding hydrogens is 504 g/mol. The molecule has 1 N–H and O–H groups in total. The number of anilines is 2. The maximum absolute atomic E-state index is 14.5. The molecule has 0 aliphatic carbocycles. The van der Waals surface area contributed by atoms with Crippen LogP contribution in [0.15, 0.2) is 42.4 Å². The predicted octanol–water partition coefficient (Wildman–Crippen LogP) is 5.15. The number of nitrogens with zero attached hydrogens (tertiary/aromatic N) is 4. The van der Waals surface area contributed by atoms with Crippen molar-refractivity contribution < 1.29 is 23.0 Å². The van der Waals surface area contributed by atoms with Gasteiger partial charge in [0, 0.05) is 51.5 Å². The minimum Gasteiger partial charge on any atom is -0.493 e. The Labute approximate surface area is 218 Å². The van der Waals surface area contributed by atoms with Crippen molar-refractivity contribution in [3.8, 4) is 11.5 Å². The highest BCUT2D eigenvalue weighted by molar-refractivity contribution is 6.31. The molecule has 3 aromatic rings. The zero-order valence-corrected chi connectivity index (χ0v) is 21.8. The van der Waals surface area contributed by atoms with E-state index < -0.39 is 16.7 Å². The number of fused-ring (bicyclic) bond motifs is 1. The van der Waals surface area contributed by atoms with Crippen molar-refractivity contribution in [2.75, 3.05) is 39.6 Å². The predicted molar refractivity (Wildman–Crippen MR) is 138 cm³/mol. The normalized spacial score (nSPS) is 14.6. The first kappa shape index (κ1) is 26.4. The number of likely N-dealkylation sites (N-methyl/N-ethyl adjacent to an activating group) is 1. The number of hydrogen-bond donors (Lipinski definition) is 1. The lowest BCUT2D eigenvalue weighted by Crippen LogP contribution is -2.44. The van der Waals surface area contributed by atoms with E-state index in [0.29, 0.717) is 59.8 Å². The summed E-state index contributed by atoms with van der Waals surface area (Å²) in [6, 6.07) is 5.75. The number of methoxy groups -OCH3 is 1. The van der Waals surface area contributed by atoms with Crippen molar-refractivity contribution >= 4 is 39.9 Å². The molecule has 1 fully saturated rings. The highest BCUT2D eigenvalue weighted by atomic mass is 35.5. The van der Waals surface area contributed by atoms with Crippen molar-refractivity contribution in [2.24, 2.45) is 0 Å². The number of nitrogens with one attached hydrogen (secondary N) is 1. The number of hydrogen-bond acceptors (Lipinski definition) is 7. The van der Waals surface area contributed by atoms with Crippen molar-refractivity contribution in [1.82, 2.24) is 19.8 Å². The molecule has 0 unspecified atom stereocenters. The lowest BCUT2D eigenvalue weighted by molar-refractivity contribution is -0.130. The van der Waals surface area contributed by atoms with Crippen molar-refractivity contribution in [1.29, 1.82) is 0 Å². The molecule has 1 saturated heterocycles. The summed E-state index contributed by atoms with van der Waals surface area (Å²) in [4.78, 5) is 25.0. The van der Waals surface area contributed by atoms with Gasteiger partial charge in [0.1, 0.15) is 29.1 Å². The summed E-state index contributed by atoms with van der Waals surface area (Å²) in [5, 5.41) is 2.81. The SMILES string of the molecule is CC=C(C(=O)N1CCC(Oc2cc3c(Nc4ccc(F)c(Cl)c4F)ncnc3cc2OC)CC1)N(C)C. The summed E-state index contributed by atoms with van der Waals surface area (Å²) >= 11 is 5.72. The molecular formula is C26H28ClF2N5O3. The Morgan fingerprint density at radius 2 is 1.92 bits per heavy atom. The van der Waals surface area contributed by atoms with Gasteiger partial charge in [-0.15, -0.1) is 0 Å². The Balaban J connectivity index is 1.56. The molecule has 1 aromatic heterocycles. The van der Waals surface area contributed by atoms with Gasteiger partial charge in [-0.05, 0) is 25.1 Å². The molecule has 1 amide bonds. The molecule has 2 aromatic carbocycles. The van der Waals surface area contributed by atoms with Gasteiger partial charge < -0.3 is 24.6 Å². The number of rotatable bonds is 7. The lowest BCUT2D eigenvalue weighted by Gasteiger charge is -2.34. The number of likely N-dealkylation sites (tertiary alicyclic amines) is 1. The number of allylic oxidation sites excluding steroid dienone is 1. The Morgan fingerprint density at radius 1 is 1.19 bits per heavy atom. The Morgan fingerprint density at radius 3 is 2.57 bits per heavy atom. The first-order valence-electron chi connectivity index (χ1n) is 11.8. The van der Waals surface area contributed by atoms with Crippen LogP contribution in [-0.4, -0.2) is 66.1 Å². The summed E-state index contributed by atoms with van der Waals surface area (Å²) in [5.74, 6) is -0.533. The summed E-state index contributed by atoms with van der Waals surface area (Å²) in [6.45, 7) is 2.97. The Hall–Kier alpha value is -3.66. The average molecular weight is 532 g/mol. The van der Waals surface area contributed by atoms with Gasteiger partial charge in [-0.1, -0.05) is 17.7 Å². The maximum Gasteiger partial charge on any atom is 0.269 e. The number of carbonyl (C=O) groups is 1. The van der Waals surface area contributed by atoms with Crippen LogP contribution in [0.1, 0.15) is 19.8 Å². The average Bonchev–Trinajstić information content (AvgIpc) is 2.89.